The second-order valence-electron chi connectivity index (χ2n) is 6.79. The zero-order valence-corrected chi connectivity index (χ0v) is 17.0. The molecule has 5 heteroatoms. The quantitative estimate of drug-likeness (QED) is 0.480. The van der Waals surface area contributed by atoms with Crippen LogP contribution in [0.25, 0.3) is 21.3 Å². The normalized spacial score (nSPS) is 10.8. The Kier molecular flexibility index (Phi) is 5.86. The number of benzene rings is 3. The molecule has 146 valence electrons. The number of methoxy groups -OCH3 is 1. The molecule has 0 aliphatic rings. The lowest BCUT2D eigenvalue weighted by Gasteiger charge is -2.07. The van der Waals surface area contributed by atoms with Crippen molar-refractivity contribution in [3.05, 3.63) is 83.4 Å². The number of nitrogens with one attached hydrogen (secondary N) is 1. The lowest BCUT2D eigenvalue weighted by Crippen LogP contribution is -2.27. The first-order chi connectivity index (χ1) is 14.2. The monoisotopic (exact) mass is 402 g/mol. The highest BCUT2D eigenvalue weighted by Crippen LogP contribution is 2.25. The number of nitrogens with zero attached hydrogens (tertiary/aromatic N) is 1. The third kappa shape index (κ3) is 4.63. The van der Waals surface area contributed by atoms with E-state index in [1.807, 2.05) is 48.5 Å². The topological polar surface area (TPSA) is 51.2 Å². The Morgan fingerprint density at radius 1 is 1.03 bits per heavy atom. The van der Waals surface area contributed by atoms with Gasteiger partial charge in [-0.15, -0.1) is 11.3 Å². The van der Waals surface area contributed by atoms with Gasteiger partial charge in [-0.1, -0.05) is 42.5 Å². The molecule has 1 aromatic heterocycles. The minimum absolute atomic E-state index is 0.0342. The lowest BCUT2D eigenvalue weighted by atomic mass is 10.0. The molecule has 1 amide bonds. The van der Waals surface area contributed by atoms with Crippen LogP contribution >= 0.6 is 11.3 Å². The van der Waals surface area contributed by atoms with E-state index in [9.17, 15) is 4.79 Å². The van der Waals surface area contributed by atoms with E-state index in [1.165, 1.54) is 0 Å². The number of ether oxygens (including phenoxy) is 1. The van der Waals surface area contributed by atoms with E-state index in [0.717, 1.165) is 38.4 Å². The van der Waals surface area contributed by atoms with E-state index in [-0.39, 0.29) is 5.91 Å². The Morgan fingerprint density at radius 3 is 2.66 bits per heavy atom. The van der Waals surface area contributed by atoms with Crippen molar-refractivity contribution in [3.8, 4) is 16.3 Å². The third-order valence-electron chi connectivity index (χ3n) is 4.82. The average molecular weight is 403 g/mol. The second kappa shape index (κ2) is 8.88. The van der Waals surface area contributed by atoms with Crippen LogP contribution in [-0.4, -0.2) is 24.5 Å². The molecule has 0 spiro atoms. The first-order valence-corrected chi connectivity index (χ1v) is 10.4. The molecule has 3 aromatic carbocycles. The minimum Gasteiger partial charge on any atom is -0.497 e. The number of aromatic nitrogens is 1. The van der Waals surface area contributed by atoms with Crippen LogP contribution in [0, 0.1) is 0 Å². The highest BCUT2D eigenvalue weighted by molar-refractivity contribution is 7.13. The van der Waals surface area contributed by atoms with Crippen molar-refractivity contribution in [1.29, 1.82) is 0 Å². The SMILES string of the molecule is COc1ccc(-c2nc(CCNC(=O)Cc3cccc4ccccc34)cs2)cc1. The van der Waals surface area contributed by atoms with Crippen LogP contribution in [0.2, 0.25) is 0 Å². The molecule has 0 bridgehead atoms. The van der Waals surface area contributed by atoms with Crippen LogP contribution in [-0.2, 0) is 17.6 Å². The van der Waals surface area contributed by atoms with Crippen LogP contribution in [0.5, 0.6) is 5.75 Å². The average Bonchev–Trinajstić information content (AvgIpc) is 3.23. The summed E-state index contributed by atoms with van der Waals surface area (Å²) in [6.07, 6.45) is 1.10. The molecule has 0 aliphatic carbocycles. The van der Waals surface area contributed by atoms with Gasteiger partial charge in [0.2, 0.25) is 5.91 Å². The van der Waals surface area contributed by atoms with Gasteiger partial charge in [-0.3, -0.25) is 4.79 Å². The van der Waals surface area contributed by atoms with Crippen LogP contribution in [0.1, 0.15) is 11.3 Å². The smallest absolute Gasteiger partial charge is 0.224 e. The van der Waals surface area contributed by atoms with E-state index in [1.54, 1.807) is 18.4 Å². The predicted octanol–water partition coefficient (Wildman–Crippen LogP) is 4.87. The van der Waals surface area contributed by atoms with Gasteiger partial charge in [0.15, 0.2) is 0 Å². The standard InChI is InChI=1S/C24H22N2O2S/c1-28-21-11-9-18(10-12-21)24-26-20(16-29-24)13-14-25-23(27)15-19-7-4-6-17-5-2-3-8-22(17)19/h2-12,16H,13-15H2,1H3,(H,25,27). The van der Waals surface area contributed by atoms with Crippen LogP contribution in [0.15, 0.2) is 72.1 Å². The Labute approximate surface area is 174 Å². The minimum atomic E-state index is 0.0342. The largest absolute Gasteiger partial charge is 0.497 e. The number of amides is 1. The number of hydrogen-bond donors (Lipinski definition) is 1. The number of carbonyl (C=O) groups is 1. The van der Waals surface area contributed by atoms with Crippen molar-refractivity contribution in [1.82, 2.24) is 10.3 Å². The molecule has 0 fully saturated rings. The molecule has 1 N–H and O–H groups in total. The van der Waals surface area contributed by atoms with Gasteiger partial charge in [-0.2, -0.15) is 0 Å². The number of fused-ring (bicyclic) bond motifs is 1. The molecule has 29 heavy (non-hydrogen) atoms. The van der Waals surface area contributed by atoms with Crippen molar-refractivity contribution in [2.45, 2.75) is 12.8 Å². The predicted molar refractivity (Wildman–Crippen MR) is 118 cm³/mol. The van der Waals surface area contributed by atoms with Gasteiger partial charge in [0.05, 0.1) is 19.2 Å². The molecular weight excluding hydrogens is 380 g/mol. The fourth-order valence-corrected chi connectivity index (χ4v) is 4.16. The molecular formula is C24H22N2O2S. The Hall–Kier alpha value is -3.18. The molecule has 0 atom stereocenters. The molecule has 0 aliphatic heterocycles. The van der Waals surface area contributed by atoms with Gasteiger partial charge in [-0.25, -0.2) is 4.98 Å². The van der Waals surface area contributed by atoms with Crippen molar-refractivity contribution in [2.75, 3.05) is 13.7 Å². The maximum absolute atomic E-state index is 12.4. The highest BCUT2D eigenvalue weighted by Gasteiger charge is 2.08. The molecule has 0 unspecified atom stereocenters. The molecule has 4 nitrogen and oxygen atoms in total. The second-order valence-corrected chi connectivity index (χ2v) is 7.65. The Morgan fingerprint density at radius 2 is 1.83 bits per heavy atom. The summed E-state index contributed by atoms with van der Waals surface area (Å²) in [5, 5.41) is 8.34. The first kappa shape index (κ1) is 19.2. The summed E-state index contributed by atoms with van der Waals surface area (Å²) in [7, 11) is 1.66. The number of rotatable bonds is 7. The van der Waals surface area contributed by atoms with Crippen molar-refractivity contribution >= 4 is 28.0 Å². The van der Waals surface area contributed by atoms with E-state index in [4.69, 9.17) is 4.74 Å². The molecule has 0 saturated carbocycles. The summed E-state index contributed by atoms with van der Waals surface area (Å²) in [4.78, 5) is 17.1. The van der Waals surface area contributed by atoms with Crippen LogP contribution in [0.3, 0.4) is 0 Å². The van der Waals surface area contributed by atoms with Gasteiger partial charge < -0.3 is 10.1 Å². The summed E-state index contributed by atoms with van der Waals surface area (Å²) in [5.41, 5.74) is 3.12. The van der Waals surface area contributed by atoms with Crippen LogP contribution in [0.4, 0.5) is 0 Å². The van der Waals surface area contributed by atoms with Crippen molar-refractivity contribution in [3.63, 3.8) is 0 Å². The highest BCUT2D eigenvalue weighted by atomic mass is 32.1. The summed E-state index contributed by atoms with van der Waals surface area (Å²) in [5.74, 6) is 0.867. The Bertz CT molecular complexity index is 1110. The molecule has 4 aromatic rings. The zero-order chi connectivity index (χ0) is 20.1. The van der Waals surface area contributed by atoms with Gasteiger partial charge in [-0.05, 0) is 40.6 Å². The fraction of sp³-hybridized carbons (Fsp3) is 0.167. The van der Waals surface area contributed by atoms with E-state index < -0.39 is 0 Å². The first-order valence-electron chi connectivity index (χ1n) is 9.55. The van der Waals surface area contributed by atoms with E-state index >= 15 is 0 Å². The van der Waals surface area contributed by atoms with E-state index in [2.05, 4.69) is 33.9 Å². The summed E-state index contributed by atoms with van der Waals surface area (Å²) in [6, 6.07) is 22.1. The molecule has 1 heterocycles. The van der Waals surface area contributed by atoms with Gasteiger partial charge >= 0.3 is 0 Å². The molecule has 4 rings (SSSR count). The zero-order valence-electron chi connectivity index (χ0n) is 16.2. The molecule has 0 radical (unpaired) electrons. The summed E-state index contributed by atoms with van der Waals surface area (Å²) >= 11 is 1.61. The summed E-state index contributed by atoms with van der Waals surface area (Å²) in [6.45, 7) is 0.579. The van der Waals surface area contributed by atoms with E-state index in [0.29, 0.717) is 19.4 Å². The van der Waals surface area contributed by atoms with Gasteiger partial charge in [0, 0.05) is 23.9 Å². The Balaban J connectivity index is 1.32. The number of hydrogen-bond acceptors (Lipinski definition) is 4. The van der Waals surface area contributed by atoms with Crippen LogP contribution < -0.4 is 10.1 Å². The fourth-order valence-electron chi connectivity index (χ4n) is 3.30. The van der Waals surface area contributed by atoms with Gasteiger partial charge in [0.1, 0.15) is 10.8 Å². The lowest BCUT2D eigenvalue weighted by molar-refractivity contribution is -0.120. The van der Waals surface area contributed by atoms with Gasteiger partial charge in [0.25, 0.3) is 0 Å². The maximum Gasteiger partial charge on any atom is 0.224 e. The van der Waals surface area contributed by atoms with Crippen molar-refractivity contribution in [2.24, 2.45) is 0 Å². The maximum atomic E-state index is 12.4. The summed E-state index contributed by atoms with van der Waals surface area (Å²) < 4.78 is 5.19. The third-order valence-corrected chi connectivity index (χ3v) is 5.76. The number of carbonyl (C=O) groups excluding carboxylic acids is 1. The number of thiazole rings is 1. The van der Waals surface area contributed by atoms with Crippen molar-refractivity contribution < 1.29 is 9.53 Å². The molecule has 0 saturated heterocycles.